The summed E-state index contributed by atoms with van der Waals surface area (Å²) in [5.74, 6) is 1.36. The van der Waals surface area contributed by atoms with Crippen LogP contribution < -0.4 is 5.32 Å². The summed E-state index contributed by atoms with van der Waals surface area (Å²) in [6, 6.07) is 12.1. The number of nitrogens with zero attached hydrogens (tertiary/aromatic N) is 4. The molecule has 120 valence electrons. The van der Waals surface area contributed by atoms with Crippen LogP contribution in [0.25, 0.3) is 32.6 Å². The van der Waals surface area contributed by atoms with Crippen molar-refractivity contribution < 1.29 is 0 Å². The average molecular weight is 344 g/mol. The van der Waals surface area contributed by atoms with Crippen LogP contribution in [0, 0.1) is 0 Å². The monoisotopic (exact) mass is 344 g/mol. The molecule has 6 nitrogen and oxygen atoms in total. The van der Waals surface area contributed by atoms with Gasteiger partial charge in [-0.25, -0.2) is 15.0 Å². The molecular formula is C18H12N6S. The largest absolute Gasteiger partial charge is 0.361 e. The zero-order valence-electron chi connectivity index (χ0n) is 13.0. The maximum Gasteiger partial charge on any atom is 0.175 e. The molecule has 0 aliphatic carbocycles. The number of thiazole rings is 1. The van der Waals surface area contributed by atoms with E-state index in [1.807, 2.05) is 36.5 Å². The molecule has 0 bridgehead atoms. The van der Waals surface area contributed by atoms with Gasteiger partial charge in [-0.15, -0.1) is 11.3 Å². The van der Waals surface area contributed by atoms with Crippen molar-refractivity contribution in [2.45, 2.75) is 0 Å². The number of nitrogens with one attached hydrogen (secondary N) is 2. The molecule has 1 aromatic carbocycles. The highest BCUT2D eigenvalue weighted by Gasteiger charge is 2.11. The second-order valence-corrected chi connectivity index (χ2v) is 6.43. The molecule has 0 atom stereocenters. The van der Waals surface area contributed by atoms with Crippen LogP contribution >= 0.6 is 11.3 Å². The lowest BCUT2D eigenvalue weighted by Gasteiger charge is -2.10. The van der Waals surface area contributed by atoms with Gasteiger partial charge in [0, 0.05) is 35.2 Å². The Balaban J connectivity index is 1.65. The van der Waals surface area contributed by atoms with Gasteiger partial charge in [-0.1, -0.05) is 0 Å². The molecule has 4 aromatic heterocycles. The first kappa shape index (κ1) is 14.1. The molecule has 0 radical (unpaired) electrons. The predicted molar refractivity (Wildman–Crippen MR) is 100 cm³/mol. The Morgan fingerprint density at radius 1 is 1.08 bits per heavy atom. The fourth-order valence-corrected chi connectivity index (χ4v) is 3.32. The Morgan fingerprint density at radius 2 is 2.08 bits per heavy atom. The summed E-state index contributed by atoms with van der Waals surface area (Å²) in [6.45, 7) is 0. The molecule has 5 rings (SSSR count). The van der Waals surface area contributed by atoms with Gasteiger partial charge >= 0.3 is 0 Å². The van der Waals surface area contributed by atoms with Crippen LogP contribution in [0.15, 0.2) is 60.5 Å². The van der Waals surface area contributed by atoms with Crippen molar-refractivity contribution in [3.63, 3.8) is 0 Å². The van der Waals surface area contributed by atoms with Gasteiger partial charge in [0.05, 0.1) is 15.8 Å². The molecule has 0 unspecified atom stereocenters. The third-order valence-electron chi connectivity index (χ3n) is 3.94. The zero-order valence-corrected chi connectivity index (χ0v) is 13.8. The fourth-order valence-electron chi connectivity index (χ4n) is 2.76. The second-order valence-electron chi connectivity index (χ2n) is 5.54. The molecule has 25 heavy (non-hydrogen) atoms. The van der Waals surface area contributed by atoms with E-state index in [0.29, 0.717) is 11.5 Å². The molecule has 5 aromatic rings. The third-order valence-corrected chi connectivity index (χ3v) is 4.71. The Labute approximate surface area is 146 Å². The summed E-state index contributed by atoms with van der Waals surface area (Å²) in [4.78, 5) is 21.9. The standard InChI is InChI=1S/C18H12N6S/c1-2-13-16(21-6-1)23-18(15-9-19-10-25-15)24-17(13)22-12-3-4-14-11(8-12)5-7-20-14/h1-10,20H,(H,21,22,23,24). The first-order valence-corrected chi connectivity index (χ1v) is 8.60. The smallest absolute Gasteiger partial charge is 0.175 e. The van der Waals surface area contributed by atoms with Gasteiger partial charge < -0.3 is 10.3 Å². The van der Waals surface area contributed by atoms with Gasteiger partial charge in [0.25, 0.3) is 0 Å². The van der Waals surface area contributed by atoms with Crippen molar-refractivity contribution in [2.75, 3.05) is 5.32 Å². The van der Waals surface area contributed by atoms with E-state index >= 15 is 0 Å². The summed E-state index contributed by atoms with van der Waals surface area (Å²) in [5, 5.41) is 5.43. The summed E-state index contributed by atoms with van der Waals surface area (Å²) >= 11 is 1.51. The van der Waals surface area contributed by atoms with E-state index < -0.39 is 0 Å². The van der Waals surface area contributed by atoms with Crippen LogP contribution in [-0.4, -0.2) is 24.9 Å². The first-order valence-electron chi connectivity index (χ1n) is 7.73. The molecule has 4 heterocycles. The lowest BCUT2D eigenvalue weighted by Crippen LogP contribution is -1.99. The van der Waals surface area contributed by atoms with E-state index in [2.05, 4.69) is 31.3 Å². The SMILES string of the molecule is c1cnc2nc(-c3cncs3)nc(Nc3ccc4[nH]ccc4c3)c2c1. The van der Waals surface area contributed by atoms with Crippen LogP contribution in [0.2, 0.25) is 0 Å². The van der Waals surface area contributed by atoms with Crippen LogP contribution in [0.1, 0.15) is 0 Å². The first-order chi connectivity index (χ1) is 12.4. The topological polar surface area (TPSA) is 79.4 Å². The van der Waals surface area contributed by atoms with Crippen LogP contribution in [0.5, 0.6) is 0 Å². The number of fused-ring (bicyclic) bond motifs is 2. The van der Waals surface area contributed by atoms with Gasteiger partial charge in [-0.05, 0) is 36.4 Å². The van der Waals surface area contributed by atoms with Gasteiger partial charge in [-0.2, -0.15) is 0 Å². The maximum absolute atomic E-state index is 4.71. The Morgan fingerprint density at radius 3 is 3.00 bits per heavy atom. The Hall–Kier alpha value is -3.32. The van der Waals surface area contributed by atoms with Gasteiger partial charge in [0.1, 0.15) is 5.82 Å². The molecule has 0 aliphatic heterocycles. The number of hydrogen-bond donors (Lipinski definition) is 2. The number of anilines is 2. The molecule has 0 fully saturated rings. The molecule has 0 aliphatic rings. The number of hydrogen-bond acceptors (Lipinski definition) is 6. The lowest BCUT2D eigenvalue weighted by molar-refractivity contribution is 1.19. The fraction of sp³-hybridized carbons (Fsp3) is 0. The summed E-state index contributed by atoms with van der Waals surface area (Å²) in [7, 11) is 0. The van der Waals surface area contributed by atoms with E-state index in [1.165, 1.54) is 11.3 Å². The zero-order chi connectivity index (χ0) is 16.6. The number of aromatic amines is 1. The van der Waals surface area contributed by atoms with E-state index in [4.69, 9.17) is 4.98 Å². The molecule has 0 saturated carbocycles. The number of H-pyrrole nitrogens is 1. The number of rotatable bonds is 3. The highest BCUT2D eigenvalue weighted by molar-refractivity contribution is 7.13. The minimum Gasteiger partial charge on any atom is -0.361 e. The Bertz CT molecular complexity index is 1180. The summed E-state index contributed by atoms with van der Waals surface area (Å²) in [5.41, 5.74) is 4.50. The number of pyridine rings is 1. The number of aromatic nitrogens is 5. The molecule has 0 spiro atoms. The van der Waals surface area contributed by atoms with Crippen molar-refractivity contribution in [3.05, 3.63) is 60.5 Å². The van der Waals surface area contributed by atoms with Gasteiger partial charge in [0.2, 0.25) is 0 Å². The van der Waals surface area contributed by atoms with Gasteiger partial charge in [0.15, 0.2) is 11.5 Å². The minimum atomic E-state index is 0.624. The Kier molecular flexibility index (Phi) is 3.17. The van der Waals surface area contributed by atoms with Crippen LogP contribution in [0.3, 0.4) is 0 Å². The van der Waals surface area contributed by atoms with Crippen molar-refractivity contribution in [3.8, 4) is 10.7 Å². The predicted octanol–water partition coefficient (Wildman–Crippen LogP) is 4.37. The second kappa shape index (κ2) is 5.64. The normalized spacial score (nSPS) is 11.2. The quantitative estimate of drug-likeness (QED) is 0.508. The summed E-state index contributed by atoms with van der Waals surface area (Å²) in [6.07, 6.45) is 5.44. The van der Waals surface area contributed by atoms with Crippen molar-refractivity contribution in [1.82, 2.24) is 24.9 Å². The van der Waals surface area contributed by atoms with E-state index in [-0.39, 0.29) is 0 Å². The molecule has 0 amide bonds. The summed E-state index contributed by atoms with van der Waals surface area (Å²) < 4.78 is 0. The van der Waals surface area contributed by atoms with Crippen molar-refractivity contribution in [1.29, 1.82) is 0 Å². The van der Waals surface area contributed by atoms with Crippen molar-refractivity contribution >= 4 is 44.8 Å². The molecule has 2 N–H and O–H groups in total. The van der Waals surface area contributed by atoms with Gasteiger partial charge in [-0.3, -0.25) is 4.98 Å². The lowest BCUT2D eigenvalue weighted by atomic mass is 10.2. The van der Waals surface area contributed by atoms with Crippen molar-refractivity contribution in [2.24, 2.45) is 0 Å². The highest BCUT2D eigenvalue weighted by Crippen LogP contribution is 2.28. The molecule has 0 saturated heterocycles. The van der Waals surface area contributed by atoms with E-state index in [0.717, 1.165) is 32.7 Å². The molecular weight excluding hydrogens is 332 g/mol. The average Bonchev–Trinajstić information content (AvgIpc) is 3.33. The highest BCUT2D eigenvalue weighted by atomic mass is 32.1. The molecule has 7 heteroatoms. The number of benzene rings is 1. The van der Waals surface area contributed by atoms with E-state index in [9.17, 15) is 0 Å². The maximum atomic E-state index is 4.71. The van der Waals surface area contributed by atoms with Crippen LogP contribution in [-0.2, 0) is 0 Å². The van der Waals surface area contributed by atoms with E-state index in [1.54, 1.807) is 17.9 Å². The minimum absolute atomic E-state index is 0.624. The third kappa shape index (κ3) is 2.50. The van der Waals surface area contributed by atoms with Crippen LogP contribution in [0.4, 0.5) is 11.5 Å².